The van der Waals surface area contributed by atoms with Gasteiger partial charge in [0, 0.05) is 48.6 Å². The third kappa shape index (κ3) is 6.21. The second-order valence-electron chi connectivity index (χ2n) is 11.5. The number of rotatable bonds is 8. The summed E-state index contributed by atoms with van der Waals surface area (Å²) in [7, 11) is 0. The smallest absolute Gasteiger partial charge is 0.164 e. The second kappa shape index (κ2) is 11.0. The Labute approximate surface area is 239 Å². The minimum Gasteiger partial charge on any atom is -0.489 e. The number of nitriles is 1. The van der Waals surface area contributed by atoms with Crippen LogP contribution in [0.15, 0.2) is 55.1 Å². The molecular formula is C32H32N6O3. The number of hydrogen-bond donors (Lipinski definition) is 1. The molecule has 0 spiro atoms. The molecule has 0 aromatic carbocycles. The van der Waals surface area contributed by atoms with E-state index >= 15 is 0 Å². The lowest BCUT2D eigenvalue weighted by Gasteiger charge is -2.39. The van der Waals surface area contributed by atoms with E-state index in [1.165, 1.54) is 6.20 Å². The molecule has 1 aliphatic rings. The number of ketones is 1. The lowest BCUT2D eigenvalue weighted by Crippen LogP contribution is -2.40. The topological polar surface area (TPSA) is 117 Å². The van der Waals surface area contributed by atoms with E-state index in [9.17, 15) is 15.2 Å². The maximum absolute atomic E-state index is 12.9. The van der Waals surface area contributed by atoms with Crippen LogP contribution in [-0.2, 0) is 0 Å². The van der Waals surface area contributed by atoms with Crippen LogP contribution in [-0.4, -0.2) is 55.8 Å². The fraction of sp³-hybridized carbons (Fsp3) is 0.344. The maximum Gasteiger partial charge on any atom is 0.164 e. The van der Waals surface area contributed by atoms with Gasteiger partial charge in [-0.3, -0.25) is 4.79 Å². The molecular weight excluding hydrogens is 516 g/mol. The first kappa shape index (κ1) is 27.8. The minimum absolute atomic E-state index is 0.0798. The number of carbonyl (C=O) groups excluding carboxylic acids is 1. The van der Waals surface area contributed by atoms with Crippen LogP contribution in [0.3, 0.4) is 0 Å². The van der Waals surface area contributed by atoms with Crippen LogP contribution in [0.2, 0.25) is 0 Å². The quantitative estimate of drug-likeness (QED) is 0.249. The number of aromatic nitrogens is 4. The Balaban J connectivity index is 1.30. The molecule has 0 saturated carbocycles. The Kier molecular flexibility index (Phi) is 7.49. The Morgan fingerprint density at radius 1 is 1.17 bits per heavy atom. The molecule has 4 aromatic heterocycles. The summed E-state index contributed by atoms with van der Waals surface area (Å²) in [5.41, 5.74) is 2.71. The molecule has 0 amide bonds. The maximum atomic E-state index is 12.9. The summed E-state index contributed by atoms with van der Waals surface area (Å²) < 4.78 is 7.45. The van der Waals surface area contributed by atoms with Crippen molar-refractivity contribution in [2.75, 3.05) is 24.6 Å². The zero-order valence-corrected chi connectivity index (χ0v) is 23.5. The standard InChI is InChI=1S/C32H32N6O3/c1-5-25-8-6-23(18-34-25)28(39)15-32(4)10-12-37(13-11-32)29-9-7-22(17-35-29)27-14-26(41-21-31(2,3)40)20-38-30(27)24(16-33)19-36-38/h1,6-9,14,17-20,40H,10-13,15,21H2,2-4H3. The fourth-order valence-corrected chi connectivity index (χ4v) is 5.06. The van der Waals surface area contributed by atoms with E-state index in [1.807, 2.05) is 18.2 Å². The molecule has 9 nitrogen and oxygen atoms in total. The molecule has 41 heavy (non-hydrogen) atoms. The van der Waals surface area contributed by atoms with E-state index in [-0.39, 0.29) is 17.8 Å². The molecule has 9 heteroatoms. The number of hydrogen-bond acceptors (Lipinski definition) is 8. The molecule has 5 rings (SSSR count). The second-order valence-corrected chi connectivity index (χ2v) is 11.5. The van der Waals surface area contributed by atoms with Gasteiger partial charge in [-0.15, -0.1) is 6.42 Å². The number of ether oxygens (including phenoxy) is 1. The lowest BCUT2D eigenvalue weighted by atomic mass is 9.75. The first-order valence-corrected chi connectivity index (χ1v) is 13.5. The zero-order chi connectivity index (χ0) is 29.2. The van der Waals surface area contributed by atoms with Gasteiger partial charge >= 0.3 is 0 Å². The summed E-state index contributed by atoms with van der Waals surface area (Å²) >= 11 is 0. The number of terminal acetylenes is 1. The Bertz CT molecular complexity index is 1650. The summed E-state index contributed by atoms with van der Waals surface area (Å²) in [5.74, 6) is 3.94. The summed E-state index contributed by atoms with van der Waals surface area (Å²) in [6.45, 7) is 7.20. The Morgan fingerprint density at radius 2 is 1.95 bits per heavy atom. The highest BCUT2D eigenvalue weighted by atomic mass is 16.5. The number of piperidine rings is 1. The third-order valence-corrected chi connectivity index (χ3v) is 7.47. The molecule has 1 aliphatic heterocycles. The lowest BCUT2D eigenvalue weighted by molar-refractivity contribution is 0.0283. The van der Waals surface area contributed by atoms with E-state index < -0.39 is 5.60 Å². The van der Waals surface area contributed by atoms with Crippen molar-refractivity contribution in [1.29, 1.82) is 5.26 Å². The van der Waals surface area contributed by atoms with Gasteiger partial charge in [0.2, 0.25) is 0 Å². The van der Waals surface area contributed by atoms with Gasteiger partial charge in [0.05, 0.1) is 29.1 Å². The average Bonchev–Trinajstić information content (AvgIpc) is 3.39. The number of nitrogens with zero attached hydrogens (tertiary/aromatic N) is 6. The van der Waals surface area contributed by atoms with Crippen molar-refractivity contribution < 1.29 is 14.6 Å². The van der Waals surface area contributed by atoms with E-state index in [2.05, 4.69) is 33.9 Å². The van der Waals surface area contributed by atoms with Crippen LogP contribution >= 0.6 is 0 Å². The number of anilines is 1. The summed E-state index contributed by atoms with van der Waals surface area (Å²) in [6.07, 6.45) is 14.1. The first-order valence-electron chi connectivity index (χ1n) is 13.5. The number of Topliss-reactive ketones (excluding diaryl/α,β-unsaturated/α-hetero) is 1. The van der Waals surface area contributed by atoms with Crippen molar-refractivity contribution >= 4 is 17.1 Å². The van der Waals surface area contributed by atoms with E-state index in [0.29, 0.717) is 34.5 Å². The molecule has 0 aliphatic carbocycles. The summed E-state index contributed by atoms with van der Waals surface area (Å²) in [4.78, 5) is 24.0. The van der Waals surface area contributed by atoms with Crippen molar-refractivity contribution in [3.63, 3.8) is 0 Å². The van der Waals surface area contributed by atoms with Gasteiger partial charge in [0.1, 0.15) is 29.9 Å². The predicted octanol–water partition coefficient (Wildman–Crippen LogP) is 4.67. The van der Waals surface area contributed by atoms with Gasteiger partial charge in [-0.1, -0.05) is 12.8 Å². The van der Waals surface area contributed by atoms with Gasteiger partial charge in [-0.05, 0) is 62.4 Å². The van der Waals surface area contributed by atoms with Gasteiger partial charge in [0.25, 0.3) is 0 Å². The highest BCUT2D eigenvalue weighted by Crippen LogP contribution is 2.37. The van der Waals surface area contributed by atoms with Crippen molar-refractivity contribution in [3.05, 3.63) is 71.9 Å². The normalized spacial score (nSPS) is 14.8. The van der Waals surface area contributed by atoms with Crippen LogP contribution in [0.25, 0.3) is 16.6 Å². The number of aliphatic hydroxyl groups is 1. The van der Waals surface area contributed by atoms with Gasteiger partial charge in [-0.2, -0.15) is 10.4 Å². The zero-order valence-electron chi connectivity index (χ0n) is 23.5. The Morgan fingerprint density at radius 3 is 2.56 bits per heavy atom. The fourth-order valence-electron chi connectivity index (χ4n) is 5.06. The number of fused-ring (bicyclic) bond motifs is 1. The number of carbonyl (C=O) groups is 1. The van der Waals surface area contributed by atoms with Gasteiger partial charge < -0.3 is 14.7 Å². The molecule has 4 aromatic rings. The van der Waals surface area contributed by atoms with E-state index in [4.69, 9.17) is 16.1 Å². The summed E-state index contributed by atoms with van der Waals surface area (Å²) in [5, 5.41) is 24.1. The summed E-state index contributed by atoms with van der Waals surface area (Å²) in [6, 6.07) is 11.5. The highest BCUT2D eigenvalue weighted by Gasteiger charge is 2.33. The third-order valence-electron chi connectivity index (χ3n) is 7.47. The SMILES string of the molecule is C#Cc1ccc(C(=O)CC2(C)CCN(c3ccc(-c4cc(OCC(C)(C)O)cn5ncc(C#N)c45)cn3)CC2)cn1. The molecule has 0 radical (unpaired) electrons. The largest absolute Gasteiger partial charge is 0.489 e. The Hall–Kier alpha value is -4.73. The van der Waals surface area contributed by atoms with Crippen molar-refractivity contribution in [2.45, 2.75) is 45.6 Å². The molecule has 208 valence electrons. The number of pyridine rings is 3. The van der Waals surface area contributed by atoms with E-state index in [1.54, 1.807) is 49.1 Å². The van der Waals surface area contributed by atoms with Crippen molar-refractivity contribution in [2.24, 2.45) is 5.41 Å². The van der Waals surface area contributed by atoms with Crippen molar-refractivity contribution in [1.82, 2.24) is 19.6 Å². The van der Waals surface area contributed by atoms with E-state index in [0.717, 1.165) is 42.9 Å². The first-order chi connectivity index (χ1) is 19.6. The van der Waals surface area contributed by atoms with Crippen molar-refractivity contribution in [3.8, 4) is 35.3 Å². The van der Waals surface area contributed by atoms with Crippen LogP contribution in [0, 0.1) is 29.1 Å². The predicted molar refractivity (Wildman–Crippen MR) is 156 cm³/mol. The molecule has 1 fully saturated rings. The molecule has 1 N–H and O–H groups in total. The molecule has 0 unspecified atom stereocenters. The van der Waals surface area contributed by atoms with Gasteiger partial charge in [0.15, 0.2) is 5.78 Å². The monoisotopic (exact) mass is 548 g/mol. The average molecular weight is 549 g/mol. The molecule has 5 heterocycles. The highest BCUT2D eigenvalue weighted by molar-refractivity contribution is 5.96. The molecule has 0 atom stereocenters. The van der Waals surface area contributed by atoms with Gasteiger partial charge in [-0.25, -0.2) is 14.5 Å². The molecule has 1 saturated heterocycles. The van der Waals surface area contributed by atoms with Crippen LogP contribution < -0.4 is 9.64 Å². The van der Waals surface area contributed by atoms with Crippen LogP contribution in [0.4, 0.5) is 5.82 Å². The van der Waals surface area contributed by atoms with Crippen LogP contribution in [0.5, 0.6) is 5.75 Å². The minimum atomic E-state index is -0.997. The van der Waals surface area contributed by atoms with Crippen LogP contribution in [0.1, 0.15) is 61.6 Å². The molecule has 0 bridgehead atoms.